The Bertz CT molecular complexity index is 1340. The Morgan fingerprint density at radius 1 is 1.06 bits per heavy atom. The minimum Gasteiger partial charge on any atom is -0.295 e. The summed E-state index contributed by atoms with van der Waals surface area (Å²) >= 11 is 0. The number of hydrogen-bond acceptors (Lipinski definition) is 5. The van der Waals surface area contributed by atoms with E-state index >= 15 is 0 Å². The summed E-state index contributed by atoms with van der Waals surface area (Å²) in [5.41, 5.74) is 5.09. The largest absolute Gasteiger partial charge is 0.328 e. The number of aromatic amines is 1. The molecular weight excluding hydrogens is 450 g/mol. The number of aryl methyl sites for hydroxylation is 1. The summed E-state index contributed by atoms with van der Waals surface area (Å²) in [4.78, 5) is 18.4. The first-order valence-electron chi connectivity index (χ1n) is 13.1. The maximum Gasteiger partial charge on any atom is 0.328 e. The van der Waals surface area contributed by atoms with Gasteiger partial charge in [0.25, 0.3) is 0 Å². The smallest absolute Gasteiger partial charge is 0.295 e. The van der Waals surface area contributed by atoms with Gasteiger partial charge in [0.1, 0.15) is 0 Å². The van der Waals surface area contributed by atoms with Crippen LogP contribution in [0.2, 0.25) is 0 Å². The highest BCUT2D eigenvalue weighted by Crippen LogP contribution is 2.38. The summed E-state index contributed by atoms with van der Waals surface area (Å²) in [6, 6.07) is 10.3. The van der Waals surface area contributed by atoms with Gasteiger partial charge in [-0.05, 0) is 65.5 Å². The number of aromatic nitrogens is 7. The van der Waals surface area contributed by atoms with E-state index in [2.05, 4.69) is 58.6 Å². The summed E-state index contributed by atoms with van der Waals surface area (Å²) in [6.45, 7) is 7.26. The van der Waals surface area contributed by atoms with Crippen LogP contribution in [0, 0.1) is 11.8 Å². The third-order valence-corrected chi connectivity index (χ3v) is 7.71. The molecule has 2 atom stereocenters. The standard InChI is InChI=1S/C28H35N7O/c1-4-5-11-22-18-35(26-19(2)9-8-10-20(26)3)28(36)34(22)17-21-16-29-15-14-23(21)24-12-6-7-13-25(24)27-30-32-33-31-27/h6-7,12-16,18-20,26H,4-5,8-11,17H2,1-3H3,(H,30,31,32,33). The first-order chi connectivity index (χ1) is 17.6. The molecule has 1 fully saturated rings. The van der Waals surface area contributed by atoms with Gasteiger partial charge in [-0.25, -0.2) is 4.79 Å². The Morgan fingerprint density at radius 3 is 2.56 bits per heavy atom. The summed E-state index contributed by atoms with van der Waals surface area (Å²) < 4.78 is 4.02. The lowest BCUT2D eigenvalue weighted by atomic mass is 9.78. The topological polar surface area (TPSA) is 94.3 Å². The molecule has 1 aliphatic carbocycles. The van der Waals surface area contributed by atoms with Crippen LogP contribution in [0.4, 0.5) is 0 Å². The third kappa shape index (κ3) is 4.64. The van der Waals surface area contributed by atoms with E-state index in [4.69, 9.17) is 0 Å². The molecule has 0 spiro atoms. The van der Waals surface area contributed by atoms with Crippen LogP contribution in [0.25, 0.3) is 22.5 Å². The van der Waals surface area contributed by atoms with Crippen molar-refractivity contribution in [1.82, 2.24) is 34.7 Å². The average molecular weight is 486 g/mol. The van der Waals surface area contributed by atoms with Crippen LogP contribution in [0.3, 0.4) is 0 Å². The van der Waals surface area contributed by atoms with Crippen LogP contribution in [0.1, 0.15) is 70.2 Å². The van der Waals surface area contributed by atoms with Crippen molar-refractivity contribution in [2.75, 3.05) is 0 Å². The van der Waals surface area contributed by atoms with Crippen molar-refractivity contribution in [2.45, 2.75) is 71.9 Å². The van der Waals surface area contributed by atoms with E-state index in [0.29, 0.717) is 24.2 Å². The van der Waals surface area contributed by atoms with Crippen molar-refractivity contribution < 1.29 is 0 Å². The van der Waals surface area contributed by atoms with Crippen molar-refractivity contribution in [1.29, 1.82) is 0 Å². The van der Waals surface area contributed by atoms with Gasteiger partial charge in [-0.3, -0.25) is 14.1 Å². The van der Waals surface area contributed by atoms with Crippen molar-refractivity contribution in [3.8, 4) is 22.5 Å². The zero-order chi connectivity index (χ0) is 25.1. The van der Waals surface area contributed by atoms with E-state index in [1.165, 1.54) is 19.3 Å². The van der Waals surface area contributed by atoms with Gasteiger partial charge in [0.05, 0.1) is 6.54 Å². The van der Waals surface area contributed by atoms with Gasteiger partial charge < -0.3 is 0 Å². The highest BCUT2D eigenvalue weighted by Gasteiger charge is 2.31. The molecule has 4 aromatic rings. The Labute approximate surface area is 211 Å². The Balaban J connectivity index is 1.58. The molecule has 36 heavy (non-hydrogen) atoms. The number of nitrogens with zero attached hydrogens (tertiary/aromatic N) is 6. The number of imidazole rings is 1. The van der Waals surface area contributed by atoms with Crippen LogP contribution in [-0.4, -0.2) is 34.7 Å². The molecule has 5 rings (SSSR count). The maximum atomic E-state index is 13.9. The first-order valence-corrected chi connectivity index (χ1v) is 13.1. The number of nitrogens with one attached hydrogen (secondary N) is 1. The van der Waals surface area contributed by atoms with Crippen LogP contribution in [0.15, 0.2) is 53.7 Å². The van der Waals surface area contributed by atoms with Crippen molar-refractivity contribution >= 4 is 0 Å². The van der Waals surface area contributed by atoms with Crippen molar-refractivity contribution in [2.24, 2.45) is 11.8 Å². The lowest BCUT2D eigenvalue weighted by Gasteiger charge is -2.35. The fraction of sp³-hybridized carbons (Fsp3) is 0.464. The lowest BCUT2D eigenvalue weighted by Crippen LogP contribution is -2.35. The second-order valence-corrected chi connectivity index (χ2v) is 10.2. The SMILES string of the molecule is CCCCc1cn(C2C(C)CCCC2C)c(=O)n1Cc1cnccc1-c1ccccc1-c1nn[nH]n1. The predicted octanol–water partition coefficient (Wildman–Crippen LogP) is 5.28. The van der Waals surface area contributed by atoms with Gasteiger partial charge in [0.2, 0.25) is 5.82 Å². The minimum atomic E-state index is 0.0907. The molecule has 1 N–H and O–H groups in total. The molecule has 0 radical (unpaired) electrons. The molecule has 3 heterocycles. The van der Waals surface area contributed by atoms with E-state index in [9.17, 15) is 4.79 Å². The molecule has 2 unspecified atom stereocenters. The zero-order valence-electron chi connectivity index (χ0n) is 21.4. The Hall–Kier alpha value is -3.55. The van der Waals surface area contributed by atoms with E-state index in [0.717, 1.165) is 47.2 Å². The number of benzene rings is 1. The molecule has 1 aliphatic rings. The molecule has 0 bridgehead atoms. The fourth-order valence-electron chi connectivity index (χ4n) is 5.88. The predicted molar refractivity (Wildman–Crippen MR) is 140 cm³/mol. The highest BCUT2D eigenvalue weighted by molar-refractivity contribution is 5.81. The molecule has 188 valence electrons. The molecule has 3 aromatic heterocycles. The number of tetrazole rings is 1. The molecular formula is C28H35N7O. The van der Waals surface area contributed by atoms with Crippen molar-refractivity contribution in [3.63, 3.8) is 0 Å². The Kier molecular flexibility index (Phi) is 7.11. The zero-order valence-corrected chi connectivity index (χ0v) is 21.4. The molecule has 0 amide bonds. The van der Waals surface area contributed by atoms with Gasteiger partial charge in [0.15, 0.2) is 0 Å². The van der Waals surface area contributed by atoms with E-state index in [1.54, 1.807) is 6.20 Å². The molecule has 0 saturated heterocycles. The molecule has 1 aromatic carbocycles. The normalized spacial score (nSPS) is 20.0. The van der Waals surface area contributed by atoms with E-state index in [-0.39, 0.29) is 11.7 Å². The minimum absolute atomic E-state index is 0.0907. The number of unbranched alkanes of at least 4 members (excludes halogenated alkanes) is 1. The summed E-state index contributed by atoms with van der Waals surface area (Å²) in [5, 5.41) is 14.7. The van der Waals surface area contributed by atoms with E-state index in [1.807, 2.05) is 39.6 Å². The number of rotatable bonds is 8. The number of hydrogen-bond donors (Lipinski definition) is 1. The van der Waals surface area contributed by atoms with Gasteiger partial charge >= 0.3 is 5.69 Å². The van der Waals surface area contributed by atoms with Crippen LogP contribution >= 0.6 is 0 Å². The maximum absolute atomic E-state index is 13.9. The molecule has 0 aliphatic heterocycles. The average Bonchev–Trinajstić information content (AvgIpc) is 3.53. The lowest BCUT2D eigenvalue weighted by molar-refractivity contribution is 0.179. The summed E-state index contributed by atoms with van der Waals surface area (Å²) in [6.07, 6.45) is 12.5. The van der Waals surface area contributed by atoms with Gasteiger partial charge in [-0.2, -0.15) is 5.21 Å². The fourth-order valence-corrected chi connectivity index (χ4v) is 5.88. The summed E-state index contributed by atoms with van der Waals surface area (Å²) in [7, 11) is 0. The van der Waals surface area contributed by atoms with Gasteiger partial charge in [-0.1, -0.05) is 57.9 Å². The van der Waals surface area contributed by atoms with Crippen LogP contribution < -0.4 is 5.69 Å². The number of H-pyrrole nitrogens is 1. The van der Waals surface area contributed by atoms with Gasteiger partial charge in [-0.15, -0.1) is 10.2 Å². The van der Waals surface area contributed by atoms with Crippen LogP contribution in [-0.2, 0) is 13.0 Å². The Morgan fingerprint density at radius 2 is 1.83 bits per heavy atom. The second kappa shape index (κ2) is 10.6. The monoisotopic (exact) mass is 485 g/mol. The van der Waals surface area contributed by atoms with Crippen molar-refractivity contribution in [3.05, 3.63) is 70.7 Å². The second-order valence-electron chi connectivity index (χ2n) is 10.2. The molecule has 1 saturated carbocycles. The molecule has 8 nitrogen and oxygen atoms in total. The van der Waals surface area contributed by atoms with Gasteiger partial charge in [0, 0.05) is 35.9 Å². The van der Waals surface area contributed by atoms with E-state index < -0.39 is 0 Å². The summed E-state index contributed by atoms with van der Waals surface area (Å²) in [5.74, 6) is 1.54. The highest BCUT2D eigenvalue weighted by atomic mass is 16.1. The third-order valence-electron chi connectivity index (χ3n) is 7.71. The van der Waals surface area contributed by atoms with Crippen LogP contribution in [0.5, 0.6) is 0 Å². The first kappa shape index (κ1) is 24.2. The molecule has 8 heteroatoms. The number of pyridine rings is 1. The quantitative estimate of drug-likeness (QED) is 0.366.